The number of methoxy groups -OCH3 is 2. The summed E-state index contributed by atoms with van der Waals surface area (Å²) in [7, 11) is 3.05. The molecule has 0 radical (unpaired) electrons. The lowest BCUT2D eigenvalue weighted by molar-refractivity contribution is -0.113. The fraction of sp³-hybridized carbons (Fsp3) is 0.200. The molecule has 8 heteroatoms. The van der Waals surface area contributed by atoms with Crippen LogP contribution in [0.3, 0.4) is 0 Å². The molecule has 1 aliphatic heterocycles. The largest absolute Gasteiger partial charge is 0.497 e. The summed E-state index contributed by atoms with van der Waals surface area (Å²) in [6, 6.07) is 11.1. The molecule has 2 aromatic rings. The first-order valence-electron chi connectivity index (χ1n) is 8.50. The third kappa shape index (κ3) is 4.04. The number of urea groups is 1. The zero-order valence-corrected chi connectivity index (χ0v) is 16.4. The molecule has 1 atom stereocenters. The van der Waals surface area contributed by atoms with Gasteiger partial charge in [-0.3, -0.25) is 4.79 Å². The normalized spacial score (nSPS) is 16.1. The number of rotatable bonds is 5. The van der Waals surface area contributed by atoms with E-state index in [1.54, 1.807) is 49.4 Å². The van der Waals surface area contributed by atoms with Gasteiger partial charge in [0.2, 0.25) is 0 Å². The molecule has 0 saturated carbocycles. The molecule has 1 unspecified atom stereocenters. The molecule has 3 N–H and O–H groups in total. The highest BCUT2D eigenvalue weighted by Gasteiger charge is 2.31. The first-order chi connectivity index (χ1) is 13.4. The smallest absolute Gasteiger partial charge is 0.319 e. The molecular formula is C20H20ClN3O4. The van der Waals surface area contributed by atoms with E-state index in [0.717, 1.165) is 0 Å². The van der Waals surface area contributed by atoms with Gasteiger partial charge < -0.3 is 25.4 Å². The van der Waals surface area contributed by atoms with Gasteiger partial charge in [-0.1, -0.05) is 23.7 Å². The predicted molar refractivity (Wildman–Crippen MR) is 107 cm³/mol. The highest BCUT2D eigenvalue weighted by molar-refractivity contribution is 6.30. The van der Waals surface area contributed by atoms with Crippen LogP contribution in [-0.4, -0.2) is 26.2 Å². The van der Waals surface area contributed by atoms with Gasteiger partial charge in [-0.2, -0.15) is 0 Å². The summed E-state index contributed by atoms with van der Waals surface area (Å²) in [4.78, 5) is 25.1. The van der Waals surface area contributed by atoms with Crippen molar-refractivity contribution in [3.63, 3.8) is 0 Å². The molecule has 3 amide bonds. The number of halogens is 1. The van der Waals surface area contributed by atoms with Crippen LogP contribution in [0, 0.1) is 0 Å². The lowest BCUT2D eigenvalue weighted by Crippen LogP contribution is -2.46. The van der Waals surface area contributed by atoms with Gasteiger partial charge in [0.15, 0.2) is 0 Å². The summed E-state index contributed by atoms with van der Waals surface area (Å²) in [6.45, 7) is 1.67. The van der Waals surface area contributed by atoms with Gasteiger partial charge in [-0.15, -0.1) is 0 Å². The van der Waals surface area contributed by atoms with Crippen LogP contribution in [0.5, 0.6) is 11.5 Å². The monoisotopic (exact) mass is 401 g/mol. The number of ether oxygens (including phenoxy) is 2. The number of hydrogen-bond acceptors (Lipinski definition) is 4. The third-order valence-electron chi connectivity index (χ3n) is 4.35. The Bertz CT molecular complexity index is 958. The van der Waals surface area contributed by atoms with Crippen LogP contribution in [0.4, 0.5) is 10.5 Å². The Morgan fingerprint density at radius 3 is 2.61 bits per heavy atom. The fourth-order valence-corrected chi connectivity index (χ4v) is 3.23. The first kappa shape index (κ1) is 19.6. The number of carbonyl (C=O) groups excluding carboxylic acids is 2. The van der Waals surface area contributed by atoms with Gasteiger partial charge in [0.25, 0.3) is 5.91 Å². The maximum atomic E-state index is 13.1. The summed E-state index contributed by atoms with van der Waals surface area (Å²) in [5, 5.41) is 8.77. The maximum absolute atomic E-state index is 13.1. The Hall–Kier alpha value is -3.19. The van der Waals surface area contributed by atoms with Crippen molar-refractivity contribution in [3.8, 4) is 11.5 Å². The summed E-state index contributed by atoms with van der Waals surface area (Å²) in [5.74, 6) is 0.671. The van der Waals surface area contributed by atoms with E-state index >= 15 is 0 Å². The SMILES string of the molecule is COc1ccc(OC)c(NC(=O)C2=C(C)NC(=O)NC2c2cccc(Cl)c2)c1. The van der Waals surface area contributed by atoms with Gasteiger partial charge in [0.1, 0.15) is 11.5 Å². The quantitative estimate of drug-likeness (QED) is 0.713. The second-order valence-electron chi connectivity index (χ2n) is 6.15. The molecule has 28 heavy (non-hydrogen) atoms. The maximum Gasteiger partial charge on any atom is 0.319 e. The lowest BCUT2D eigenvalue weighted by atomic mass is 9.95. The molecule has 0 fully saturated rings. The average Bonchev–Trinajstić information content (AvgIpc) is 2.67. The Labute approximate surface area is 167 Å². The zero-order chi connectivity index (χ0) is 20.3. The minimum absolute atomic E-state index is 0.367. The second kappa shape index (κ2) is 8.22. The van der Waals surface area contributed by atoms with Gasteiger partial charge in [-0.05, 0) is 36.8 Å². The Morgan fingerprint density at radius 2 is 1.93 bits per heavy atom. The standard InChI is InChI=1S/C20H20ClN3O4/c1-11-17(18(24-20(26)22-11)12-5-4-6-13(21)9-12)19(25)23-15-10-14(27-2)7-8-16(15)28-3/h4-10,18H,1-3H3,(H,23,25)(H2,22,24,26). The van der Waals surface area contributed by atoms with Crippen LogP contribution in [0.25, 0.3) is 0 Å². The van der Waals surface area contributed by atoms with Crippen LogP contribution in [-0.2, 0) is 4.79 Å². The molecule has 1 heterocycles. The van der Waals surface area contributed by atoms with Crippen molar-refractivity contribution in [1.82, 2.24) is 10.6 Å². The number of amides is 3. The number of carbonyl (C=O) groups is 2. The number of hydrogen-bond donors (Lipinski definition) is 3. The van der Waals surface area contributed by atoms with E-state index in [9.17, 15) is 9.59 Å². The van der Waals surface area contributed by atoms with Crippen molar-refractivity contribution in [2.45, 2.75) is 13.0 Å². The molecule has 0 aromatic heterocycles. The van der Waals surface area contributed by atoms with Crippen LogP contribution < -0.4 is 25.4 Å². The minimum Gasteiger partial charge on any atom is -0.497 e. The summed E-state index contributed by atoms with van der Waals surface area (Å²) >= 11 is 6.09. The summed E-state index contributed by atoms with van der Waals surface area (Å²) in [5.41, 5.74) is 1.97. The number of benzene rings is 2. The van der Waals surface area contributed by atoms with E-state index in [1.807, 2.05) is 0 Å². The van der Waals surface area contributed by atoms with Crippen molar-refractivity contribution in [3.05, 3.63) is 64.3 Å². The molecule has 0 aliphatic carbocycles. The second-order valence-corrected chi connectivity index (χ2v) is 6.58. The Balaban J connectivity index is 1.98. The van der Waals surface area contributed by atoms with E-state index in [-0.39, 0.29) is 5.91 Å². The molecule has 3 rings (SSSR count). The van der Waals surface area contributed by atoms with Crippen LogP contribution in [0.15, 0.2) is 53.7 Å². The van der Waals surface area contributed by atoms with Gasteiger partial charge in [0.05, 0.1) is 31.5 Å². The molecule has 146 valence electrons. The van der Waals surface area contributed by atoms with E-state index in [0.29, 0.717) is 39.0 Å². The van der Waals surface area contributed by atoms with Crippen LogP contribution >= 0.6 is 11.6 Å². The third-order valence-corrected chi connectivity index (χ3v) is 4.59. The van der Waals surface area contributed by atoms with Crippen molar-refractivity contribution in [1.29, 1.82) is 0 Å². The average molecular weight is 402 g/mol. The van der Waals surface area contributed by atoms with E-state index < -0.39 is 12.1 Å². The number of anilines is 1. The van der Waals surface area contributed by atoms with Gasteiger partial charge >= 0.3 is 6.03 Å². The molecule has 2 aromatic carbocycles. The van der Waals surface area contributed by atoms with E-state index in [1.165, 1.54) is 14.2 Å². The summed E-state index contributed by atoms with van der Waals surface area (Å²) in [6.07, 6.45) is 0. The lowest BCUT2D eigenvalue weighted by Gasteiger charge is -2.29. The Morgan fingerprint density at radius 1 is 1.14 bits per heavy atom. The topological polar surface area (TPSA) is 88.7 Å². The van der Waals surface area contributed by atoms with E-state index in [4.69, 9.17) is 21.1 Å². The number of nitrogens with one attached hydrogen (secondary N) is 3. The van der Waals surface area contributed by atoms with Gasteiger partial charge in [-0.25, -0.2) is 4.79 Å². The molecular weight excluding hydrogens is 382 g/mol. The molecule has 1 aliphatic rings. The van der Waals surface area contributed by atoms with Crippen molar-refractivity contribution in [2.75, 3.05) is 19.5 Å². The summed E-state index contributed by atoms with van der Waals surface area (Å²) < 4.78 is 10.5. The van der Waals surface area contributed by atoms with Crippen LogP contribution in [0.2, 0.25) is 5.02 Å². The zero-order valence-electron chi connectivity index (χ0n) is 15.6. The predicted octanol–water partition coefficient (Wildman–Crippen LogP) is 3.62. The fourth-order valence-electron chi connectivity index (χ4n) is 3.03. The van der Waals surface area contributed by atoms with Crippen molar-refractivity contribution >= 4 is 29.2 Å². The molecule has 0 bridgehead atoms. The molecule has 0 saturated heterocycles. The minimum atomic E-state index is -0.649. The van der Waals surface area contributed by atoms with Crippen molar-refractivity contribution in [2.24, 2.45) is 0 Å². The number of allylic oxidation sites excluding steroid dienone is 1. The van der Waals surface area contributed by atoms with E-state index in [2.05, 4.69) is 16.0 Å². The first-order valence-corrected chi connectivity index (χ1v) is 8.88. The molecule has 0 spiro atoms. The highest BCUT2D eigenvalue weighted by atomic mass is 35.5. The Kier molecular flexibility index (Phi) is 5.75. The van der Waals surface area contributed by atoms with Crippen LogP contribution in [0.1, 0.15) is 18.5 Å². The van der Waals surface area contributed by atoms with Gasteiger partial charge in [0, 0.05) is 16.8 Å². The molecule has 7 nitrogen and oxygen atoms in total. The highest BCUT2D eigenvalue weighted by Crippen LogP contribution is 2.32. The van der Waals surface area contributed by atoms with Crippen molar-refractivity contribution < 1.29 is 19.1 Å².